The summed E-state index contributed by atoms with van der Waals surface area (Å²) in [7, 11) is 0. The van der Waals surface area contributed by atoms with Crippen molar-refractivity contribution in [1.29, 1.82) is 0 Å². The molecule has 2 amide bonds. The molecule has 0 radical (unpaired) electrons. The minimum Gasteiger partial charge on any atom is -0.484 e. The highest BCUT2D eigenvalue weighted by molar-refractivity contribution is 5.96. The summed E-state index contributed by atoms with van der Waals surface area (Å²) in [6.07, 6.45) is 5.70. The number of nitrogens with one attached hydrogen (secondary N) is 2. The van der Waals surface area contributed by atoms with Crippen LogP contribution in [0.3, 0.4) is 0 Å². The first-order valence-electron chi connectivity index (χ1n) is 8.92. The number of hydrogen-bond acceptors (Lipinski definition) is 5. The fourth-order valence-corrected chi connectivity index (χ4v) is 3.33. The van der Waals surface area contributed by atoms with Gasteiger partial charge in [0.2, 0.25) is 0 Å². The molecule has 0 atom stereocenters. The summed E-state index contributed by atoms with van der Waals surface area (Å²) in [5.41, 5.74) is 7.12. The Kier molecular flexibility index (Phi) is 4.58. The van der Waals surface area contributed by atoms with Crippen molar-refractivity contribution < 1.29 is 23.2 Å². The fraction of sp³-hybridized carbons (Fsp3) is 0.300. The lowest BCUT2D eigenvalue weighted by molar-refractivity contribution is -0.123. The normalized spacial score (nSPS) is 13.2. The monoisotopic (exact) mass is 368 g/mol. The van der Waals surface area contributed by atoms with Gasteiger partial charge in [-0.2, -0.15) is 0 Å². The first-order valence-corrected chi connectivity index (χ1v) is 8.92. The van der Waals surface area contributed by atoms with E-state index in [-0.39, 0.29) is 6.61 Å². The molecular formula is C20H20N2O5. The molecular weight excluding hydrogens is 348 g/mol. The van der Waals surface area contributed by atoms with Gasteiger partial charge < -0.3 is 13.6 Å². The maximum absolute atomic E-state index is 11.9. The van der Waals surface area contributed by atoms with E-state index >= 15 is 0 Å². The molecule has 2 aromatic heterocycles. The molecule has 0 unspecified atom stereocenters. The van der Waals surface area contributed by atoms with Gasteiger partial charge in [-0.05, 0) is 50.5 Å². The zero-order valence-corrected chi connectivity index (χ0v) is 15.0. The van der Waals surface area contributed by atoms with Crippen molar-refractivity contribution in [2.75, 3.05) is 6.61 Å². The zero-order chi connectivity index (χ0) is 18.8. The van der Waals surface area contributed by atoms with E-state index < -0.39 is 11.8 Å². The summed E-state index contributed by atoms with van der Waals surface area (Å²) >= 11 is 0. The van der Waals surface area contributed by atoms with Crippen LogP contribution in [-0.4, -0.2) is 18.4 Å². The predicted octanol–water partition coefficient (Wildman–Crippen LogP) is 3.05. The lowest BCUT2D eigenvalue weighted by Gasteiger charge is -2.10. The third-order valence-electron chi connectivity index (χ3n) is 4.72. The van der Waals surface area contributed by atoms with Crippen molar-refractivity contribution in [2.24, 2.45) is 0 Å². The quantitative estimate of drug-likeness (QED) is 0.691. The van der Waals surface area contributed by atoms with Crippen molar-refractivity contribution in [3.8, 4) is 5.75 Å². The number of ether oxygens (including phenoxy) is 1. The molecule has 7 nitrogen and oxygen atoms in total. The van der Waals surface area contributed by atoms with Gasteiger partial charge in [-0.15, -0.1) is 0 Å². The third-order valence-corrected chi connectivity index (χ3v) is 4.72. The molecule has 0 saturated carbocycles. The van der Waals surface area contributed by atoms with E-state index in [1.165, 1.54) is 17.9 Å². The molecule has 4 rings (SSSR count). The van der Waals surface area contributed by atoms with E-state index in [1.807, 2.05) is 12.1 Å². The van der Waals surface area contributed by atoms with Crippen LogP contribution in [0, 0.1) is 6.92 Å². The molecule has 2 N–H and O–H groups in total. The molecule has 2 heterocycles. The molecule has 1 aliphatic carbocycles. The molecule has 0 spiro atoms. The second-order valence-electron chi connectivity index (χ2n) is 6.55. The average molecular weight is 368 g/mol. The number of rotatable bonds is 4. The summed E-state index contributed by atoms with van der Waals surface area (Å²) in [4.78, 5) is 23.9. The van der Waals surface area contributed by atoms with Crippen LogP contribution in [0.1, 0.15) is 40.3 Å². The molecule has 1 aliphatic rings. The largest absolute Gasteiger partial charge is 0.484 e. The van der Waals surface area contributed by atoms with Crippen molar-refractivity contribution >= 4 is 22.8 Å². The highest BCUT2D eigenvalue weighted by Crippen LogP contribution is 2.33. The van der Waals surface area contributed by atoms with Gasteiger partial charge in [0.05, 0.1) is 11.8 Å². The van der Waals surface area contributed by atoms with Gasteiger partial charge in [-0.3, -0.25) is 20.4 Å². The van der Waals surface area contributed by atoms with Crippen LogP contribution in [-0.2, 0) is 17.6 Å². The van der Waals surface area contributed by atoms with Crippen LogP contribution in [0.5, 0.6) is 5.75 Å². The van der Waals surface area contributed by atoms with Crippen molar-refractivity contribution in [1.82, 2.24) is 10.9 Å². The van der Waals surface area contributed by atoms with Gasteiger partial charge in [0.15, 0.2) is 6.61 Å². The van der Waals surface area contributed by atoms with Gasteiger partial charge in [-0.25, -0.2) is 0 Å². The van der Waals surface area contributed by atoms with E-state index in [9.17, 15) is 9.59 Å². The number of fused-ring (bicyclic) bond motifs is 3. The van der Waals surface area contributed by atoms with Gasteiger partial charge in [0.1, 0.15) is 22.9 Å². The summed E-state index contributed by atoms with van der Waals surface area (Å²) < 4.78 is 16.5. The molecule has 0 saturated heterocycles. The van der Waals surface area contributed by atoms with Crippen LogP contribution in [0.25, 0.3) is 11.0 Å². The Bertz CT molecular complexity index is 1000. The highest BCUT2D eigenvalue weighted by atomic mass is 16.5. The number of carbonyl (C=O) groups is 2. The van der Waals surface area contributed by atoms with Crippen LogP contribution in [0.4, 0.5) is 0 Å². The van der Waals surface area contributed by atoms with Crippen molar-refractivity contribution in [3.63, 3.8) is 0 Å². The summed E-state index contributed by atoms with van der Waals surface area (Å²) in [5.74, 6) is 1.22. The van der Waals surface area contributed by atoms with Crippen LogP contribution in [0.15, 0.2) is 39.4 Å². The Labute approximate surface area is 155 Å². The Balaban J connectivity index is 1.35. The summed E-state index contributed by atoms with van der Waals surface area (Å²) in [6.45, 7) is 1.46. The number of benzene rings is 1. The number of aryl methyl sites for hydroxylation is 3. The topological polar surface area (TPSA) is 93.7 Å². The van der Waals surface area contributed by atoms with E-state index in [4.69, 9.17) is 13.6 Å². The van der Waals surface area contributed by atoms with Crippen LogP contribution in [0.2, 0.25) is 0 Å². The maximum Gasteiger partial charge on any atom is 0.276 e. The van der Waals surface area contributed by atoms with E-state index in [2.05, 4.69) is 10.9 Å². The SMILES string of the molecule is Cc1occc1C(=O)NNC(=O)COc1ccc2oc3c(c2c1)CCCC3. The standard InChI is InChI=1S/C20H20N2O5/c1-12-14(8-9-25-12)20(24)22-21-19(23)11-26-13-6-7-18-16(10-13)15-4-2-3-5-17(15)27-18/h6-10H,2-5,11H2,1H3,(H,21,23)(H,22,24). The molecule has 0 fully saturated rings. The van der Waals surface area contributed by atoms with E-state index in [0.29, 0.717) is 17.1 Å². The Morgan fingerprint density at radius 2 is 2.00 bits per heavy atom. The number of hydrogen-bond donors (Lipinski definition) is 2. The van der Waals surface area contributed by atoms with Crippen molar-refractivity contribution in [3.05, 3.63) is 53.2 Å². The number of carbonyl (C=O) groups excluding carboxylic acids is 2. The van der Waals surface area contributed by atoms with Crippen LogP contribution >= 0.6 is 0 Å². The average Bonchev–Trinajstić information content (AvgIpc) is 3.27. The lowest BCUT2D eigenvalue weighted by Crippen LogP contribution is -2.43. The molecule has 7 heteroatoms. The van der Waals surface area contributed by atoms with Gasteiger partial charge in [-0.1, -0.05) is 0 Å². The fourth-order valence-electron chi connectivity index (χ4n) is 3.33. The molecule has 0 aliphatic heterocycles. The molecule has 140 valence electrons. The number of furan rings is 2. The van der Waals surface area contributed by atoms with Gasteiger partial charge >= 0.3 is 0 Å². The predicted molar refractivity (Wildman–Crippen MR) is 97.4 cm³/mol. The van der Waals surface area contributed by atoms with Gasteiger partial charge in [0, 0.05) is 17.4 Å². The second-order valence-corrected chi connectivity index (χ2v) is 6.55. The van der Waals surface area contributed by atoms with Gasteiger partial charge in [0.25, 0.3) is 11.8 Å². The molecule has 1 aromatic carbocycles. The van der Waals surface area contributed by atoms with E-state index in [0.717, 1.165) is 42.4 Å². The van der Waals surface area contributed by atoms with Crippen LogP contribution < -0.4 is 15.6 Å². The Morgan fingerprint density at radius 3 is 2.81 bits per heavy atom. The van der Waals surface area contributed by atoms with Crippen molar-refractivity contribution in [2.45, 2.75) is 32.6 Å². The minimum atomic E-state index is -0.459. The zero-order valence-electron chi connectivity index (χ0n) is 15.0. The Hall–Kier alpha value is -3.22. The minimum absolute atomic E-state index is 0.212. The smallest absolute Gasteiger partial charge is 0.276 e. The maximum atomic E-state index is 11.9. The Morgan fingerprint density at radius 1 is 1.15 bits per heavy atom. The van der Waals surface area contributed by atoms with E-state index in [1.54, 1.807) is 13.0 Å². The summed E-state index contributed by atoms with van der Waals surface area (Å²) in [5, 5.41) is 1.05. The number of amides is 2. The molecule has 0 bridgehead atoms. The summed E-state index contributed by atoms with van der Waals surface area (Å²) in [6, 6.07) is 7.08. The number of hydrazine groups is 1. The first kappa shape index (κ1) is 17.2. The molecule has 3 aromatic rings. The first-order chi connectivity index (χ1) is 13.1. The third kappa shape index (κ3) is 3.53. The highest BCUT2D eigenvalue weighted by Gasteiger charge is 2.18. The lowest BCUT2D eigenvalue weighted by atomic mass is 9.96. The second kappa shape index (κ2) is 7.19. The molecule has 27 heavy (non-hydrogen) atoms.